The average molecular weight is 365 g/mol. The molecular formula is C22H24N2OS. The van der Waals surface area contributed by atoms with Gasteiger partial charge in [-0.05, 0) is 23.5 Å². The Bertz CT molecular complexity index is 864. The fraction of sp³-hybridized carbons (Fsp3) is 0.273. The van der Waals surface area contributed by atoms with E-state index < -0.39 is 0 Å². The Morgan fingerprint density at radius 3 is 2.31 bits per heavy atom. The summed E-state index contributed by atoms with van der Waals surface area (Å²) in [7, 11) is 0. The predicted molar refractivity (Wildman–Crippen MR) is 109 cm³/mol. The van der Waals surface area contributed by atoms with Crippen LogP contribution < -0.4 is 5.32 Å². The second-order valence-corrected chi connectivity index (χ2v) is 7.60. The SMILES string of the molecule is CC(=O)NCCc1ccc(-c2csc(-c3ccc(C(C)C)cc3)n2)cc1. The molecule has 0 aliphatic rings. The van der Waals surface area contributed by atoms with Crippen molar-refractivity contribution in [3.05, 3.63) is 65.0 Å². The van der Waals surface area contributed by atoms with Crippen molar-refractivity contribution in [3.63, 3.8) is 0 Å². The molecule has 1 heterocycles. The molecule has 1 aromatic heterocycles. The normalized spacial score (nSPS) is 10.9. The van der Waals surface area contributed by atoms with Gasteiger partial charge < -0.3 is 5.32 Å². The molecule has 0 aliphatic heterocycles. The highest BCUT2D eigenvalue weighted by molar-refractivity contribution is 7.13. The fourth-order valence-electron chi connectivity index (χ4n) is 2.77. The van der Waals surface area contributed by atoms with Gasteiger partial charge >= 0.3 is 0 Å². The van der Waals surface area contributed by atoms with Gasteiger partial charge in [-0.15, -0.1) is 11.3 Å². The number of aromatic nitrogens is 1. The largest absolute Gasteiger partial charge is 0.356 e. The first-order chi connectivity index (χ1) is 12.5. The highest BCUT2D eigenvalue weighted by Gasteiger charge is 2.08. The molecule has 2 aromatic carbocycles. The van der Waals surface area contributed by atoms with Gasteiger partial charge in [0.1, 0.15) is 5.01 Å². The van der Waals surface area contributed by atoms with Crippen LogP contribution in [0.5, 0.6) is 0 Å². The predicted octanol–water partition coefficient (Wildman–Crippen LogP) is 5.28. The Morgan fingerprint density at radius 2 is 1.69 bits per heavy atom. The van der Waals surface area contributed by atoms with E-state index in [1.54, 1.807) is 18.3 Å². The number of nitrogens with one attached hydrogen (secondary N) is 1. The van der Waals surface area contributed by atoms with Crippen molar-refractivity contribution in [2.75, 3.05) is 6.54 Å². The zero-order valence-corrected chi connectivity index (χ0v) is 16.3. The highest BCUT2D eigenvalue weighted by Crippen LogP contribution is 2.30. The van der Waals surface area contributed by atoms with Gasteiger partial charge in [-0.25, -0.2) is 4.98 Å². The van der Waals surface area contributed by atoms with Gasteiger partial charge in [0.25, 0.3) is 0 Å². The number of rotatable bonds is 6. The molecule has 3 rings (SSSR count). The first-order valence-corrected chi connectivity index (χ1v) is 9.80. The Labute approximate surface area is 159 Å². The van der Waals surface area contributed by atoms with Crippen LogP contribution in [0.3, 0.4) is 0 Å². The summed E-state index contributed by atoms with van der Waals surface area (Å²) in [6.45, 7) is 6.62. The number of hydrogen-bond acceptors (Lipinski definition) is 3. The van der Waals surface area contributed by atoms with Crippen LogP contribution in [-0.4, -0.2) is 17.4 Å². The maximum atomic E-state index is 10.9. The van der Waals surface area contributed by atoms with Crippen molar-refractivity contribution < 1.29 is 4.79 Å². The van der Waals surface area contributed by atoms with Gasteiger partial charge in [-0.3, -0.25) is 4.79 Å². The molecule has 0 atom stereocenters. The lowest BCUT2D eigenvalue weighted by Gasteiger charge is -2.05. The van der Waals surface area contributed by atoms with E-state index in [9.17, 15) is 4.79 Å². The molecule has 0 unspecified atom stereocenters. The lowest BCUT2D eigenvalue weighted by Crippen LogP contribution is -2.22. The summed E-state index contributed by atoms with van der Waals surface area (Å²) in [5.41, 5.74) is 5.85. The van der Waals surface area contributed by atoms with Crippen molar-refractivity contribution in [1.29, 1.82) is 0 Å². The first-order valence-electron chi connectivity index (χ1n) is 8.92. The van der Waals surface area contributed by atoms with E-state index in [2.05, 4.69) is 73.1 Å². The molecule has 0 bridgehead atoms. The third-order valence-electron chi connectivity index (χ3n) is 4.37. The zero-order chi connectivity index (χ0) is 18.5. The quantitative estimate of drug-likeness (QED) is 0.646. The summed E-state index contributed by atoms with van der Waals surface area (Å²) in [5, 5.41) is 5.98. The third kappa shape index (κ3) is 4.58. The van der Waals surface area contributed by atoms with Gasteiger partial charge in [0, 0.05) is 30.0 Å². The monoisotopic (exact) mass is 364 g/mol. The van der Waals surface area contributed by atoms with E-state index in [4.69, 9.17) is 4.98 Å². The second-order valence-electron chi connectivity index (χ2n) is 6.74. The van der Waals surface area contributed by atoms with Crippen LogP contribution in [0.2, 0.25) is 0 Å². The number of thiazole rings is 1. The topological polar surface area (TPSA) is 42.0 Å². The number of nitrogens with zero attached hydrogens (tertiary/aromatic N) is 1. The van der Waals surface area contributed by atoms with Crippen LogP contribution in [0.1, 0.15) is 37.8 Å². The van der Waals surface area contributed by atoms with Gasteiger partial charge in [-0.1, -0.05) is 62.4 Å². The molecule has 134 valence electrons. The highest BCUT2D eigenvalue weighted by atomic mass is 32.1. The van der Waals surface area contributed by atoms with Crippen LogP contribution >= 0.6 is 11.3 Å². The smallest absolute Gasteiger partial charge is 0.216 e. The number of amides is 1. The number of benzene rings is 2. The van der Waals surface area contributed by atoms with E-state index in [0.29, 0.717) is 12.5 Å². The standard InChI is InChI=1S/C22H24N2OS/c1-15(2)18-8-10-20(11-9-18)22-24-21(14-26-22)19-6-4-17(5-7-19)12-13-23-16(3)25/h4-11,14-15H,12-13H2,1-3H3,(H,23,25). The van der Waals surface area contributed by atoms with Gasteiger partial charge in [0.2, 0.25) is 5.91 Å². The van der Waals surface area contributed by atoms with Crippen molar-refractivity contribution in [2.24, 2.45) is 0 Å². The zero-order valence-electron chi connectivity index (χ0n) is 15.5. The van der Waals surface area contributed by atoms with Crippen LogP contribution in [0.25, 0.3) is 21.8 Å². The molecule has 0 radical (unpaired) electrons. The van der Waals surface area contributed by atoms with Crippen LogP contribution in [0.15, 0.2) is 53.9 Å². The van der Waals surface area contributed by atoms with Gasteiger partial charge in [-0.2, -0.15) is 0 Å². The van der Waals surface area contributed by atoms with Crippen molar-refractivity contribution in [2.45, 2.75) is 33.1 Å². The lowest BCUT2D eigenvalue weighted by atomic mass is 10.0. The molecule has 26 heavy (non-hydrogen) atoms. The molecule has 3 aromatic rings. The summed E-state index contributed by atoms with van der Waals surface area (Å²) in [4.78, 5) is 15.7. The molecule has 0 spiro atoms. The summed E-state index contributed by atoms with van der Waals surface area (Å²) in [5.74, 6) is 0.554. The lowest BCUT2D eigenvalue weighted by molar-refractivity contribution is -0.118. The molecule has 0 saturated carbocycles. The Balaban J connectivity index is 1.70. The maximum Gasteiger partial charge on any atom is 0.216 e. The number of carbonyl (C=O) groups is 1. The molecule has 3 nitrogen and oxygen atoms in total. The number of carbonyl (C=O) groups excluding carboxylic acids is 1. The van der Waals surface area contributed by atoms with E-state index in [-0.39, 0.29) is 5.91 Å². The van der Waals surface area contributed by atoms with Crippen LogP contribution in [0.4, 0.5) is 0 Å². The Morgan fingerprint density at radius 1 is 1.04 bits per heavy atom. The summed E-state index contributed by atoms with van der Waals surface area (Å²) >= 11 is 1.67. The summed E-state index contributed by atoms with van der Waals surface area (Å²) in [6, 6.07) is 17.1. The van der Waals surface area contributed by atoms with Gasteiger partial charge in [0.05, 0.1) is 5.69 Å². The molecule has 0 fully saturated rings. The summed E-state index contributed by atoms with van der Waals surface area (Å²) in [6.07, 6.45) is 0.838. The molecule has 4 heteroatoms. The average Bonchev–Trinajstić information content (AvgIpc) is 3.12. The number of hydrogen-bond donors (Lipinski definition) is 1. The van der Waals surface area contributed by atoms with Gasteiger partial charge in [0.15, 0.2) is 0 Å². The fourth-order valence-corrected chi connectivity index (χ4v) is 3.61. The van der Waals surface area contributed by atoms with E-state index in [1.807, 2.05) is 0 Å². The van der Waals surface area contributed by atoms with E-state index in [1.165, 1.54) is 11.1 Å². The van der Waals surface area contributed by atoms with Crippen molar-refractivity contribution in [3.8, 4) is 21.8 Å². The minimum Gasteiger partial charge on any atom is -0.356 e. The second kappa shape index (κ2) is 8.28. The molecular weight excluding hydrogens is 340 g/mol. The van der Waals surface area contributed by atoms with Crippen LogP contribution in [-0.2, 0) is 11.2 Å². The molecule has 0 aliphatic carbocycles. The minimum atomic E-state index is 0.0121. The molecule has 1 N–H and O–H groups in total. The minimum absolute atomic E-state index is 0.0121. The third-order valence-corrected chi connectivity index (χ3v) is 5.26. The summed E-state index contributed by atoms with van der Waals surface area (Å²) < 4.78 is 0. The van der Waals surface area contributed by atoms with E-state index in [0.717, 1.165) is 28.2 Å². The van der Waals surface area contributed by atoms with E-state index >= 15 is 0 Å². The first kappa shape index (κ1) is 18.3. The Kier molecular flexibility index (Phi) is 5.84. The van der Waals surface area contributed by atoms with Crippen molar-refractivity contribution >= 4 is 17.2 Å². The maximum absolute atomic E-state index is 10.9. The Hall–Kier alpha value is -2.46. The molecule has 0 saturated heterocycles. The van der Waals surface area contributed by atoms with Crippen LogP contribution in [0, 0.1) is 0 Å². The molecule has 1 amide bonds. The van der Waals surface area contributed by atoms with Crippen molar-refractivity contribution in [1.82, 2.24) is 10.3 Å².